The zero-order valence-electron chi connectivity index (χ0n) is 18.8. The number of nitrogens with zero attached hydrogens (tertiary/aromatic N) is 4. The van der Waals surface area contributed by atoms with Crippen LogP contribution in [0.3, 0.4) is 0 Å². The summed E-state index contributed by atoms with van der Waals surface area (Å²) < 4.78 is 13.0. The average molecular weight is 475 g/mol. The van der Waals surface area contributed by atoms with Crippen LogP contribution in [0, 0.1) is 11.7 Å². The van der Waals surface area contributed by atoms with Crippen molar-refractivity contribution in [2.45, 2.75) is 43.7 Å². The van der Waals surface area contributed by atoms with Crippen LogP contribution in [-0.4, -0.2) is 75.3 Å². The number of thioether (sulfide) groups is 1. The van der Waals surface area contributed by atoms with Crippen LogP contribution in [0.25, 0.3) is 0 Å². The molecule has 2 amide bonds. The van der Waals surface area contributed by atoms with Crippen LogP contribution in [0.15, 0.2) is 29.4 Å². The molecular formula is C23H31FN6O2S. The number of carbonyl (C=O) groups is 2. The zero-order valence-corrected chi connectivity index (χ0v) is 19.6. The van der Waals surface area contributed by atoms with Gasteiger partial charge in [0.25, 0.3) is 0 Å². The Morgan fingerprint density at radius 2 is 1.85 bits per heavy atom. The third kappa shape index (κ3) is 7.26. The molecule has 0 spiro atoms. The fourth-order valence-corrected chi connectivity index (χ4v) is 5.12. The molecule has 2 aliphatic rings. The Morgan fingerprint density at radius 3 is 2.58 bits per heavy atom. The molecule has 2 aromatic rings. The third-order valence-electron chi connectivity index (χ3n) is 6.32. The van der Waals surface area contributed by atoms with Crippen LogP contribution in [0.1, 0.15) is 37.9 Å². The van der Waals surface area contributed by atoms with E-state index < -0.39 is 0 Å². The van der Waals surface area contributed by atoms with E-state index in [1.807, 2.05) is 9.80 Å². The number of aryl methyl sites for hydroxylation is 1. The number of carbonyl (C=O) groups excluding carboxylic acids is 2. The van der Waals surface area contributed by atoms with Crippen molar-refractivity contribution in [1.29, 1.82) is 0 Å². The molecule has 1 aromatic carbocycles. The summed E-state index contributed by atoms with van der Waals surface area (Å²) in [5, 5.41) is 10.6. The van der Waals surface area contributed by atoms with Crippen LogP contribution >= 0.6 is 11.8 Å². The number of hydrogen-bond donors (Lipinski definition) is 2. The number of aromatic amines is 1. The summed E-state index contributed by atoms with van der Waals surface area (Å²) >= 11 is 1.37. The summed E-state index contributed by atoms with van der Waals surface area (Å²) in [5.41, 5.74) is 0.570. The molecule has 0 radical (unpaired) electrons. The zero-order chi connectivity index (χ0) is 23.0. The molecule has 2 heterocycles. The van der Waals surface area contributed by atoms with Gasteiger partial charge < -0.3 is 10.2 Å². The predicted molar refractivity (Wildman–Crippen MR) is 125 cm³/mol. The van der Waals surface area contributed by atoms with Gasteiger partial charge in [-0.3, -0.25) is 19.6 Å². The van der Waals surface area contributed by atoms with Crippen LogP contribution in [0.2, 0.25) is 0 Å². The fraction of sp³-hybridized carbons (Fsp3) is 0.565. The minimum absolute atomic E-state index is 0.0627. The number of rotatable bonds is 9. The molecule has 1 saturated heterocycles. The Bertz CT molecular complexity index is 923. The van der Waals surface area contributed by atoms with E-state index in [1.165, 1.54) is 61.7 Å². The van der Waals surface area contributed by atoms with E-state index >= 15 is 0 Å². The molecule has 1 saturated carbocycles. The van der Waals surface area contributed by atoms with Gasteiger partial charge in [-0.2, -0.15) is 0 Å². The number of amides is 2. The number of benzene rings is 1. The van der Waals surface area contributed by atoms with Gasteiger partial charge in [-0.1, -0.05) is 37.4 Å². The lowest BCUT2D eigenvalue weighted by molar-refractivity contribution is -0.130. The van der Waals surface area contributed by atoms with Gasteiger partial charge >= 0.3 is 0 Å². The predicted octanol–water partition coefficient (Wildman–Crippen LogP) is 2.94. The van der Waals surface area contributed by atoms with Gasteiger partial charge in [0, 0.05) is 38.3 Å². The fourth-order valence-electron chi connectivity index (χ4n) is 4.40. The first-order valence-corrected chi connectivity index (χ1v) is 12.6. The van der Waals surface area contributed by atoms with E-state index in [2.05, 4.69) is 20.5 Å². The highest BCUT2D eigenvalue weighted by Gasteiger charge is 2.23. The van der Waals surface area contributed by atoms with Crippen molar-refractivity contribution in [3.63, 3.8) is 0 Å². The lowest BCUT2D eigenvalue weighted by Crippen LogP contribution is -2.50. The molecule has 1 aliphatic heterocycles. The van der Waals surface area contributed by atoms with Crippen molar-refractivity contribution in [3.05, 3.63) is 35.9 Å². The van der Waals surface area contributed by atoms with E-state index in [1.54, 1.807) is 0 Å². The van der Waals surface area contributed by atoms with E-state index in [9.17, 15) is 14.0 Å². The summed E-state index contributed by atoms with van der Waals surface area (Å²) in [4.78, 5) is 33.2. The number of aromatic nitrogens is 3. The van der Waals surface area contributed by atoms with Crippen LogP contribution in [-0.2, 0) is 16.0 Å². The molecule has 10 heteroatoms. The summed E-state index contributed by atoms with van der Waals surface area (Å²) in [6.07, 6.45) is 7.43. The molecule has 0 bridgehead atoms. The highest BCUT2D eigenvalue weighted by molar-refractivity contribution is 7.99. The molecule has 1 aromatic heterocycles. The second-order valence-corrected chi connectivity index (χ2v) is 9.70. The van der Waals surface area contributed by atoms with Gasteiger partial charge in [0.15, 0.2) is 0 Å². The molecule has 8 nitrogen and oxygen atoms in total. The van der Waals surface area contributed by atoms with Crippen molar-refractivity contribution in [2.24, 2.45) is 5.92 Å². The summed E-state index contributed by atoms with van der Waals surface area (Å²) in [6.45, 7) is 2.70. The van der Waals surface area contributed by atoms with E-state index in [0.717, 1.165) is 24.6 Å². The van der Waals surface area contributed by atoms with Crippen LogP contribution in [0.4, 0.5) is 10.1 Å². The molecule has 1 aliphatic carbocycles. The molecule has 4 rings (SSSR count). The lowest BCUT2D eigenvalue weighted by Gasteiger charge is -2.34. The first-order valence-electron chi connectivity index (χ1n) is 11.6. The number of piperazine rings is 1. The van der Waals surface area contributed by atoms with Crippen molar-refractivity contribution in [3.8, 4) is 0 Å². The van der Waals surface area contributed by atoms with Crippen molar-refractivity contribution in [1.82, 2.24) is 25.0 Å². The second-order valence-electron chi connectivity index (χ2n) is 8.75. The Balaban J connectivity index is 1.13. The van der Waals surface area contributed by atoms with Gasteiger partial charge in [-0.05, 0) is 36.6 Å². The molecular weight excluding hydrogens is 443 g/mol. The quantitative estimate of drug-likeness (QED) is 0.543. The highest BCUT2D eigenvalue weighted by atomic mass is 32.2. The van der Waals surface area contributed by atoms with Crippen molar-refractivity contribution < 1.29 is 14.0 Å². The number of halogens is 1. The number of H-pyrrole nitrogens is 1. The van der Waals surface area contributed by atoms with Gasteiger partial charge in [-0.15, -0.1) is 5.10 Å². The molecule has 0 unspecified atom stereocenters. The Labute approximate surface area is 197 Å². The molecule has 2 fully saturated rings. The van der Waals surface area contributed by atoms with Crippen LogP contribution in [0.5, 0.6) is 0 Å². The smallest absolute Gasteiger partial charge is 0.238 e. The maximum absolute atomic E-state index is 13.0. The van der Waals surface area contributed by atoms with Crippen LogP contribution < -0.4 is 5.32 Å². The third-order valence-corrected chi connectivity index (χ3v) is 7.15. The minimum atomic E-state index is -0.338. The molecule has 2 N–H and O–H groups in total. The van der Waals surface area contributed by atoms with Gasteiger partial charge in [0.1, 0.15) is 11.6 Å². The summed E-state index contributed by atoms with van der Waals surface area (Å²) in [6, 6.07) is 5.70. The normalized spacial score (nSPS) is 17.4. The molecule has 0 atom stereocenters. The number of nitrogens with one attached hydrogen (secondary N) is 2. The minimum Gasteiger partial charge on any atom is -0.339 e. The summed E-state index contributed by atoms with van der Waals surface area (Å²) in [7, 11) is 0. The largest absolute Gasteiger partial charge is 0.339 e. The Hall–Kier alpha value is -2.46. The number of anilines is 1. The van der Waals surface area contributed by atoms with E-state index in [0.29, 0.717) is 42.8 Å². The first-order chi connectivity index (χ1) is 16.0. The SMILES string of the molecule is O=C(CN1CCN(C(=O)CSc2n[nH]c(CCC3CCCC3)n2)CC1)Nc1ccc(F)cc1. The molecule has 33 heavy (non-hydrogen) atoms. The topological polar surface area (TPSA) is 94.2 Å². The Kier molecular flexibility index (Phi) is 8.33. The summed E-state index contributed by atoms with van der Waals surface area (Å²) in [5.74, 6) is 1.61. The van der Waals surface area contributed by atoms with Crippen molar-refractivity contribution in [2.75, 3.05) is 43.8 Å². The maximum atomic E-state index is 13.0. The van der Waals surface area contributed by atoms with Gasteiger partial charge in [0.05, 0.1) is 12.3 Å². The van der Waals surface area contributed by atoms with Crippen molar-refractivity contribution >= 4 is 29.3 Å². The average Bonchev–Trinajstić information content (AvgIpc) is 3.50. The van der Waals surface area contributed by atoms with E-state index in [4.69, 9.17) is 0 Å². The number of hydrogen-bond acceptors (Lipinski definition) is 6. The molecule has 178 valence electrons. The highest BCUT2D eigenvalue weighted by Crippen LogP contribution is 2.28. The Morgan fingerprint density at radius 1 is 1.12 bits per heavy atom. The van der Waals surface area contributed by atoms with Gasteiger partial charge in [-0.25, -0.2) is 9.37 Å². The first kappa shape index (κ1) is 23.7. The van der Waals surface area contributed by atoms with E-state index in [-0.39, 0.29) is 24.2 Å². The lowest BCUT2D eigenvalue weighted by atomic mass is 10.0. The van der Waals surface area contributed by atoms with Gasteiger partial charge in [0.2, 0.25) is 17.0 Å². The monoisotopic (exact) mass is 474 g/mol. The standard InChI is InChI=1S/C23H31FN6O2S/c24-18-6-8-19(9-7-18)25-21(31)15-29-11-13-30(14-12-29)22(32)16-33-23-26-20(27-28-23)10-5-17-3-1-2-4-17/h6-9,17H,1-5,10-16H2,(H,25,31)(H,26,27,28). The maximum Gasteiger partial charge on any atom is 0.238 e. The second kappa shape index (κ2) is 11.6.